The molecule has 0 saturated carbocycles. The first-order valence-corrected chi connectivity index (χ1v) is 39.2. The first-order chi connectivity index (χ1) is 55.6. The maximum Gasteiger partial charge on any atom is -0.00199 e. The molecule has 0 heterocycles. The molecule has 0 N–H and O–H groups in total. The SMILES string of the molecule is c1ccc(-c2ccc3c(-c4ccc5c6c(cccc46)-c4ccccc4-5)c4ccccc4c(-c4ccc5c6c(cccc46)-c4ccccc4-5)c3c2)cc1.c1ccc(-c2ccc3c(-c4ccc5c6cccc7cccc(c8cccc4c85)c76)c4ccccc4c(-c4ccc5c6cccc7cccc(c8cccc4c85)c76)c3c2)cc1. The third kappa shape index (κ3) is 8.55. The first kappa shape index (κ1) is 61.5. The Kier molecular flexibility index (Phi) is 12.9. The molecule has 0 fully saturated rings. The number of hydrogen-bond acceptors (Lipinski definition) is 0. The van der Waals surface area contributed by atoms with E-state index in [2.05, 4.69) is 388 Å². The summed E-state index contributed by atoms with van der Waals surface area (Å²) in [6, 6.07) is 146. The average molecular weight is 1410 g/mol. The van der Waals surface area contributed by atoms with Crippen molar-refractivity contribution in [1.82, 2.24) is 0 Å². The molecular formula is C112H64. The minimum atomic E-state index is 1.22. The molecular weight excluding hydrogens is 1350 g/mol. The lowest BCUT2D eigenvalue weighted by Crippen LogP contribution is -1.95. The zero-order valence-corrected chi connectivity index (χ0v) is 61.0. The Bertz CT molecular complexity index is 8060. The Morgan fingerprint density at radius 1 is 0.0982 bits per heavy atom. The second-order valence-corrected chi connectivity index (χ2v) is 30.9. The molecule has 0 heteroatoms. The molecule has 0 atom stereocenters. The molecule has 0 aromatic heterocycles. The van der Waals surface area contributed by atoms with Crippen molar-refractivity contribution in [2.75, 3.05) is 0 Å². The van der Waals surface area contributed by atoms with E-state index in [0.29, 0.717) is 0 Å². The molecule has 0 spiro atoms. The van der Waals surface area contributed by atoms with Gasteiger partial charge in [-0.25, -0.2) is 0 Å². The molecule has 2 aliphatic rings. The lowest BCUT2D eigenvalue weighted by molar-refractivity contribution is 1.64. The Labute approximate surface area is 645 Å². The zero-order valence-electron chi connectivity index (χ0n) is 61.0. The highest BCUT2D eigenvalue weighted by Gasteiger charge is 2.30. The highest BCUT2D eigenvalue weighted by Crippen LogP contribution is 2.57. The summed E-state index contributed by atoms with van der Waals surface area (Å²) in [7, 11) is 0. The molecule has 0 amide bonds. The third-order valence-corrected chi connectivity index (χ3v) is 25.5. The van der Waals surface area contributed by atoms with Crippen molar-refractivity contribution in [1.29, 1.82) is 0 Å². The quantitative estimate of drug-likeness (QED) is 0.115. The molecule has 0 radical (unpaired) electrons. The minimum Gasteiger partial charge on any atom is -0.0622 e. The fourth-order valence-electron chi connectivity index (χ4n) is 20.9. The summed E-state index contributed by atoms with van der Waals surface area (Å²) in [6.45, 7) is 0. The summed E-state index contributed by atoms with van der Waals surface area (Å²) in [6.07, 6.45) is 0. The van der Waals surface area contributed by atoms with Crippen LogP contribution in [0.25, 0.3) is 262 Å². The highest BCUT2D eigenvalue weighted by molar-refractivity contribution is 6.39. The molecule has 0 saturated heterocycles. The van der Waals surface area contributed by atoms with Gasteiger partial charge in [0.05, 0.1) is 0 Å². The number of fused-ring (bicyclic) bond motifs is 14. The van der Waals surface area contributed by atoms with Gasteiger partial charge >= 0.3 is 0 Å². The van der Waals surface area contributed by atoms with Crippen LogP contribution in [0.4, 0.5) is 0 Å². The minimum absolute atomic E-state index is 1.22. The number of rotatable bonds is 6. The van der Waals surface area contributed by atoms with Gasteiger partial charge in [0, 0.05) is 0 Å². The number of benzene rings is 24. The monoisotopic (exact) mass is 1410 g/mol. The van der Waals surface area contributed by atoms with Crippen molar-refractivity contribution < 1.29 is 0 Å². The standard InChI is InChI=1S/C60H34.C52H30/c1-2-12-35(13-3-1)38-28-29-53-54(34-38)60(52-33-31-50-42-23-9-17-37-15-7-21-40(56(37)42)46-25-11-27-48(52)58(46)50)44-19-5-4-18-43(44)59(53)51-32-30-49-41-22-8-16-36-14-6-20-39(55(36)41)45-24-10-26-47(51)57(45)49;1-2-12-31(13-3-1)32-24-25-47-48(30-32)52(46-29-27-44-36-17-7-5-15-34(36)38-21-11-23-42(46)50(38)44)40-19-9-8-18-39(40)51(47)45-28-26-43-35-16-6-4-14-33(35)37-20-10-22-41(45)49(37)43/h1-34H;1-30H. The van der Waals surface area contributed by atoms with Gasteiger partial charge in [-0.15, -0.1) is 0 Å². The Morgan fingerprint density at radius 3 is 0.688 bits per heavy atom. The molecule has 2 aliphatic carbocycles. The molecule has 24 aromatic carbocycles. The van der Waals surface area contributed by atoms with E-state index in [1.54, 1.807) is 0 Å². The van der Waals surface area contributed by atoms with E-state index in [4.69, 9.17) is 0 Å². The predicted octanol–water partition coefficient (Wildman–Crippen LogP) is 31.7. The molecule has 24 aromatic rings. The van der Waals surface area contributed by atoms with Crippen molar-refractivity contribution in [2.24, 2.45) is 0 Å². The van der Waals surface area contributed by atoms with Crippen molar-refractivity contribution in [2.45, 2.75) is 0 Å². The molecule has 512 valence electrons. The topological polar surface area (TPSA) is 0 Å². The second kappa shape index (κ2) is 23.5. The fraction of sp³-hybridized carbons (Fsp3) is 0. The van der Waals surface area contributed by atoms with Crippen LogP contribution in [-0.2, 0) is 0 Å². The van der Waals surface area contributed by atoms with Gasteiger partial charge in [0.15, 0.2) is 0 Å². The van der Waals surface area contributed by atoms with E-state index in [0.717, 1.165) is 0 Å². The van der Waals surface area contributed by atoms with Crippen LogP contribution < -0.4 is 0 Å². The normalized spacial score (nSPS) is 12.3. The van der Waals surface area contributed by atoms with Crippen LogP contribution in [-0.4, -0.2) is 0 Å². The van der Waals surface area contributed by atoms with Crippen LogP contribution in [0.2, 0.25) is 0 Å². The first-order valence-electron chi connectivity index (χ1n) is 39.2. The summed E-state index contributed by atoms with van der Waals surface area (Å²) in [5.74, 6) is 0. The van der Waals surface area contributed by atoms with Crippen LogP contribution >= 0.6 is 0 Å². The molecule has 0 aliphatic heterocycles. The fourth-order valence-corrected chi connectivity index (χ4v) is 20.9. The third-order valence-electron chi connectivity index (χ3n) is 25.5. The molecule has 0 unspecified atom stereocenters. The Balaban J connectivity index is 0.000000128. The van der Waals surface area contributed by atoms with Gasteiger partial charge in [-0.1, -0.05) is 376 Å². The van der Waals surface area contributed by atoms with E-state index in [-0.39, 0.29) is 0 Å². The molecule has 112 heavy (non-hydrogen) atoms. The lowest BCUT2D eigenvalue weighted by Gasteiger charge is -2.22. The van der Waals surface area contributed by atoms with Gasteiger partial charge in [-0.2, -0.15) is 0 Å². The van der Waals surface area contributed by atoms with Gasteiger partial charge in [-0.05, 0) is 274 Å². The van der Waals surface area contributed by atoms with E-state index < -0.39 is 0 Å². The van der Waals surface area contributed by atoms with Crippen molar-refractivity contribution in [3.8, 4) is 111 Å². The van der Waals surface area contributed by atoms with E-state index >= 15 is 0 Å². The number of hydrogen-bond donors (Lipinski definition) is 0. The van der Waals surface area contributed by atoms with E-state index in [1.807, 2.05) is 0 Å². The van der Waals surface area contributed by atoms with Gasteiger partial charge < -0.3 is 0 Å². The average Bonchev–Trinajstić information content (AvgIpc) is 1.07. The summed E-state index contributed by atoms with van der Waals surface area (Å²) < 4.78 is 0. The van der Waals surface area contributed by atoms with Crippen LogP contribution in [0, 0.1) is 0 Å². The second-order valence-electron chi connectivity index (χ2n) is 30.9. The Hall–Kier alpha value is -14.6. The van der Waals surface area contributed by atoms with Crippen LogP contribution in [0.5, 0.6) is 0 Å². The maximum atomic E-state index is 2.46. The summed E-state index contributed by atoms with van der Waals surface area (Å²) >= 11 is 0. The van der Waals surface area contributed by atoms with Gasteiger partial charge in [0.25, 0.3) is 0 Å². The van der Waals surface area contributed by atoms with Crippen molar-refractivity contribution >= 4 is 151 Å². The molecule has 26 rings (SSSR count). The molecule has 0 nitrogen and oxygen atoms in total. The zero-order chi connectivity index (χ0) is 73.0. The van der Waals surface area contributed by atoms with Crippen LogP contribution in [0.15, 0.2) is 388 Å². The van der Waals surface area contributed by atoms with Gasteiger partial charge in [-0.3, -0.25) is 0 Å². The Morgan fingerprint density at radius 2 is 0.321 bits per heavy atom. The van der Waals surface area contributed by atoms with Gasteiger partial charge in [0.1, 0.15) is 0 Å². The van der Waals surface area contributed by atoms with Crippen LogP contribution in [0.1, 0.15) is 0 Å². The predicted molar refractivity (Wildman–Crippen MR) is 482 cm³/mol. The summed E-state index contributed by atoms with van der Waals surface area (Å²) in [4.78, 5) is 0. The maximum absolute atomic E-state index is 2.46. The summed E-state index contributed by atoms with van der Waals surface area (Å²) in [5.41, 5.74) is 25.8. The van der Waals surface area contributed by atoms with E-state index in [9.17, 15) is 0 Å². The summed E-state index contributed by atoms with van der Waals surface area (Å²) in [5, 5.41) is 36.5. The van der Waals surface area contributed by atoms with Crippen LogP contribution in [0.3, 0.4) is 0 Å². The van der Waals surface area contributed by atoms with Crippen molar-refractivity contribution in [3.63, 3.8) is 0 Å². The smallest absolute Gasteiger partial charge is 0.00199 e. The largest absolute Gasteiger partial charge is 0.0622 e. The van der Waals surface area contributed by atoms with E-state index in [1.165, 1.54) is 262 Å². The molecule has 0 bridgehead atoms. The van der Waals surface area contributed by atoms with Crippen molar-refractivity contribution in [3.05, 3.63) is 388 Å². The highest BCUT2D eigenvalue weighted by atomic mass is 14.3. The lowest BCUT2D eigenvalue weighted by atomic mass is 9.80. The van der Waals surface area contributed by atoms with Gasteiger partial charge in [0.2, 0.25) is 0 Å².